The molecule has 0 amide bonds. The van der Waals surface area contributed by atoms with Crippen LogP contribution >= 0.6 is 0 Å². The summed E-state index contributed by atoms with van der Waals surface area (Å²) >= 11 is 0. The summed E-state index contributed by atoms with van der Waals surface area (Å²) in [6.45, 7) is 5.54. The Labute approximate surface area is 263 Å². The molecule has 0 heterocycles. The van der Waals surface area contributed by atoms with Crippen LogP contribution in [0.25, 0.3) is 44.5 Å². The second-order valence-electron chi connectivity index (χ2n) is 11.1. The Balaban J connectivity index is 1.20. The lowest BCUT2D eigenvalue weighted by Crippen LogP contribution is -2.10. The van der Waals surface area contributed by atoms with E-state index in [9.17, 15) is 4.79 Å². The van der Waals surface area contributed by atoms with Crippen molar-refractivity contribution >= 4 is 67.5 Å². The zero-order valence-corrected chi connectivity index (χ0v) is 25.0. The molecule has 0 bridgehead atoms. The molecule has 0 unspecified atom stereocenters. The van der Waals surface area contributed by atoms with Crippen LogP contribution in [-0.4, -0.2) is 5.97 Å². The van der Waals surface area contributed by atoms with E-state index >= 15 is 0 Å². The number of carbonyl (C=O) groups excluding carboxylic acids is 1. The molecule has 45 heavy (non-hydrogen) atoms. The van der Waals surface area contributed by atoms with Crippen LogP contribution in [0.3, 0.4) is 0 Å². The van der Waals surface area contributed by atoms with E-state index in [1.807, 2.05) is 30.4 Å². The molecule has 0 saturated carbocycles. The van der Waals surface area contributed by atoms with Crippen molar-refractivity contribution < 1.29 is 9.53 Å². The average molecular weight is 582 g/mol. The van der Waals surface area contributed by atoms with Gasteiger partial charge in [-0.1, -0.05) is 121 Å². The number of allylic oxidation sites excluding steroid dienone is 2. The van der Waals surface area contributed by atoms with Crippen LogP contribution in [0.2, 0.25) is 0 Å². The normalized spacial score (nSPS) is 11.7. The van der Waals surface area contributed by atoms with Crippen molar-refractivity contribution in [2.24, 2.45) is 0 Å². The molecular weight excluding hydrogens is 550 g/mol. The minimum atomic E-state index is -0.467. The molecule has 7 aromatic carbocycles. The zero-order chi connectivity index (χ0) is 30.8. The van der Waals surface area contributed by atoms with Gasteiger partial charge in [0.15, 0.2) is 0 Å². The summed E-state index contributed by atoms with van der Waals surface area (Å²) in [6, 6.07) is 44.8. The molecule has 7 rings (SSSR count). The first-order chi connectivity index (χ1) is 22.1. The average Bonchev–Trinajstić information content (AvgIpc) is 3.08. The highest BCUT2D eigenvalue weighted by atomic mass is 16.5. The molecule has 3 nitrogen and oxygen atoms in total. The van der Waals surface area contributed by atoms with Gasteiger partial charge in [-0.25, -0.2) is 4.79 Å². The first-order valence-electron chi connectivity index (χ1n) is 15.0. The molecule has 216 valence electrons. The molecule has 0 aromatic heterocycles. The van der Waals surface area contributed by atoms with Crippen LogP contribution in [0.5, 0.6) is 5.75 Å². The Morgan fingerprint density at radius 1 is 0.622 bits per heavy atom. The molecule has 0 aliphatic carbocycles. The summed E-state index contributed by atoms with van der Waals surface area (Å²) in [5.41, 5.74) is 6.71. The number of carbonyl (C=O) groups is 1. The Bertz CT molecular complexity index is 2190. The fourth-order valence-corrected chi connectivity index (χ4v) is 5.91. The van der Waals surface area contributed by atoms with E-state index in [4.69, 9.17) is 4.74 Å². The van der Waals surface area contributed by atoms with Gasteiger partial charge in [-0.3, -0.25) is 0 Å². The van der Waals surface area contributed by atoms with Gasteiger partial charge in [-0.2, -0.15) is 0 Å². The van der Waals surface area contributed by atoms with Gasteiger partial charge in [0, 0.05) is 22.8 Å². The number of rotatable bonds is 8. The summed E-state index contributed by atoms with van der Waals surface area (Å²) in [4.78, 5) is 13.7. The summed E-state index contributed by atoms with van der Waals surface area (Å²) < 4.78 is 5.14. The maximum atomic E-state index is 11.4. The Morgan fingerprint density at radius 3 is 1.78 bits per heavy atom. The minimum absolute atomic E-state index is 0.467. The van der Waals surface area contributed by atoms with Crippen LogP contribution in [0.4, 0.5) is 17.1 Å². The first kappa shape index (κ1) is 27.9. The maximum Gasteiger partial charge on any atom is 0.335 e. The molecule has 0 radical (unpaired) electrons. The zero-order valence-electron chi connectivity index (χ0n) is 25.0. The lowest BCUT2D eigenvalue weighted by atomic mass is 9.93. The quantitative estimate of drug-likeness (QED) is 0.0588. The molecule has 0 N–H and O–H groups in total. The van der Waals surface area contributed by atoms with E-state index in [1.165, 1.54) is 37.9 Å². The fraction of sp³-hybridized carbons (Fsp3) is 0.0238. The van der Waals surface area contributed by atoms with Crippen molar-refractivity contribution in [1.29, 1.82) is 0 Å². The number of ether oxygens (including phenoxy) is 1. The third-order valence-electron chi connectivity index (χ3n) is 8.14. The van der Waals surface area contributed by atoms with Gasteiger partial charge in [0.2, 0.25) is 0 Å². The highest BCUT2D eigenvalue weighted by Crippen LogP contribution is 2.43. The van der Waals surface area contributed by atoms with Crippen LogP contribution in [0.1, 0.15) is 16.7 Å². The van der Waals surface area contributed by atoms with Crippen LogP contribution in [-0.2, 0) is 4.79 Å². The standard InChI is InChI=1S/C42H31NO2/c1-3-40(44)45-37-25-15-31(16-26-37)8-5-4-7-30-13-23-36(24-14-30)43(35-21-11-29(2)12-22-35)39-28-20-34-18-17-32-9-6-10-33-19-27-38(39)42(34)41(32)33/h3-28H,1H2,2H3/b7-4+,8-5+. The summed E-state index contributed by atoms with van der Waals surface area (Å²) in [5.74, 6) is 0.0274. The van der Waals surface area contributed by atoms with Crippen LogP contribution in [0.15, 0.2) is 152 Å². The molecular formula is C42H31NO2. The van der Waals surface area contributed by atoms with Gasteiger partial charge in [0.25, 0.3) is 0 Å². The molecule has 0 aliphatic rings. The number of anilines is 3. The van der Waals surface area contributed by atoms with Crippen molar-refractivity contribution in [1.82, 2.24) is 0 Å². The Kier molecular flexibility index (Phi) is 7.42. The fourth-order valence-electron chi connectivity index (χ4n) is 5.91. The largest absolute Gasteiger partial charge is 0.423 e. The number of esters is 1. The predicted molar refractivity (Wildman–Crippen MR) is 190 cm³/mol. The van der Waals surface area contributed by atoms with Crippen LogP contribution < -0.4 is 9.64 Å². The number of benzene rings is 7. The van der Waals surface area contributed by atoms with E-state index < -0.39 is 5.97 Å². The van der Waals surface area contributed by atoms with Crippen molar-refractivity contribution in [3.63, 3.8) is 0 Å². The van der Waals surface area contributed by atoms with Gasteiger partial charge < -0.3 is 9.64 Å². The highest BCUT2D eigenvalue weighted by Gasteiger charge is 2.18. The molecule has 0 spiro atoms. The third kappa shape index (κ3) is 5.60. The molecule has 7 aromatic rings. The number of nitrogens with zero attached hydrogens (tertiary/aromatic N) is 1. The van der Waals surface area contributed by atoms with Gasteiger partial charge in [0.05, 0.1) is 5.69 Å². The van der Waals surface area contributed by atoms with Gasteiger partial charge in [-0.05, 0) is 87.4 Å². The SMILES string of the molecule is C=CC(=O)Oc1ccc(/C=C/C=C/c2ccc(N(c3ccc(C)cc3)c3ccc4ccc5cccc6ccc3c4c56)cc2)cc1. The van der Waals surface area contributed by atoms with Gasteiger partial charge in [0.1, 0.15) is 5.75 Å². The second-order valence-corrected chi connectivity index (χ2v) is 11.1. The monoisotopic (exact) mass is 581 g/mol. The van der Waals surface area contributed by atoms with E-state index in [1.54, 1.807) is 12.1 Å². The predicted octanol–water partition coefficient (Wildman–Crippen LogP) is 11.2. The van der Waals surface area contributed by atoms with Crippen molar-refractivity contribution in [2.45, 2.75) is 6.92 Å². The first-order valence-corrected chi connectivity index (χ1v) is 15.0. The lowest BCUT2D eigenvalue weighted by Gasteiger charge is -2.28. The summed E-state index contributed by atoms with van der Waals surface area (Å²) in [7, 11) is 0. The minimum Gasteiger partial charge on any atom is -0.423 e. The summed E-state index contributed by atoms with van der Waals surface area (Å²) in [6.07, 6.45) is 9.28. The highest BCUT2D eigenvalue weighted by molar-refractivity contribution is 6.25. The molecule has 0 aliphatic heterocycles. The molecule has 0 fully saturated rings. The van der Waals surface area contributed by atoms with E-state index in [2.05, 4.69) is 128 Å². The molecule has 0 atom stereocenters. The van der Waals surface area contributed by atoms with Crippen LogP contribution in [0, 0.1) is 6.92 Å². The maximum absolute atomic E-state index is 11.4. The van der Waals surface area contributed by atoms with Crippen molar-refractivity contribution in [3.05, 3.63) is 169 Å². The molecule has 3 heteroatoms. The summed E-state index contributed by atoms with van der Waals surface area (Å²) in [5, 5.41) is 7.64. The lowest BCUT2D eigenvalue weighted by molar-refractivity contribution is -0.128. The smallest absolute Gasteiger partial charge is 0.335 e. The van der Waals surface area contributed by atoms with Gasteiger partial charge >= 0.3 is 5.97 Å². The Hall–Kier alpha value is -5.93. The van der Waals surface area contributed by atoms with Gasteiger partial charge in [-0.15, -0.1) is 0 Å². The topological polar surface area (TPSA) is 29.5 Å². The Morgan fingerprint density at radius 2 is 1.16 bits per heavy atom. The second kappa shape index (κ2) is 12.0. The number of hydrogen-bond donors (Lipinski definition) is 0. The number of aryl methyl sites for hydroxylation is 1. The van der Waals surface area contributed by atoms with E-state index in [0.29, 0.717) is 5.75 Å². The van der Waals surface area contributed by atoms with E-state index in [-0.39, 0.29) is 0 Å². The number of hydrogen-bond acceptors (Lipinski definition) is 3. The van der Waals surface area contributed by atoms with Crippen molar-refractivity contribution in [2.75, 3.05) is 4.90 Å². The van der Waals surface area contributed by atoms with E-state index in [0.717, 1.165) is 34.3 Å². The van der Waals surface area contributed by atoms with Crippen molar-refractivity contribution in [3.8, 4) is 5.75 Å². The third-order valence-corrected chi connectivity index (χ3v) is 8.14. The molecule has 0 saturated heterocycles.